The van der Waals surface area contributed by atoms with Crippen molar-refractivity contribution in [2.75, 3.05) is 17.4 Å². The highest BCUT2D eigenvalue weighted by Gasteiger charge is 2.34. The van der Waals surface area contributed by atoms with Gasteiger partial charge >= 0.3 is 0 Å². The second kappa shape index (κ2) is 14.9. The van der Waals surface area contributed by atoms with Gasteiger partial charge in [-0.15, -0.1) is 0 Å². The number of anilines is 1. The zero-order chi connectivity index (χ0) is 31.0. The highest BCUT2D eigenvalue weighted by Crippen LogP contribution is 2.28. The van der Waals surface area contributed by atoms with Gasteiger partial charge in [-0.1, -0.05) is 99.8 Å². The van der Waals surface area contributed by atoms with Crippen molar-refractivity contribution in [3.8, 4) is 0 Å². The van der Waals surface area contributed by atoms with Gasteiger partial charge in [0.25, 0.3) is 10.0 Å². The van der Waals surface area contributed by atoms with E-state index in [1.54, 1.807) is 67.6 Å². The summed E-state index contributed by atoms with van der Waals surface area (Å²) in [6, 6.07) is 28.0. The third-order valence-corrected chi connectivity index (χ3v) is 9.69. The Morgan fingerprint density at radius 1 is 0.837 bits per heavy atom. The Labute approximate surface area is 270 Å². The minimum Gasteiger partial charge on any atom is -0.355 e. The Hall–Kier alpha value is -3.37. The van der Waals surface area contributed by atoms with E-state index in [-0.39, 0.29) is 23.8 Å². The average molecular weight is 703 g/mol. The lowest BCUT2D eigenvalue weighted by atomic mass is 10.0. The summed E-state index contributed by atoms with van der Waals surface area (Å²) in [7, 11) is -4.17. The smallest absolute Gasteiger partial charge is 0.264 e. The lowest BCUT2D eigenvalue weighted by molar-refractivity contribution is -0.140. The highest BCUT2D eigenvalue weighted by molar-refractivity contribution is 9.10. The largest absolute Gasteiger partial charge is 0.355 e. The SMILES string of the molecule is CCNC(=O)[C@H](Cc1ccccc1)N(Cc1ccc(Cl)c(Cl)c1)C(=O)CN(c1cccc(Br)c1)S(=O)(=O)c1ccccc1. The molecule has 0 saturated heterocycles. The van der Waals surface area contributed by atoms with Crippen molar-refractivity contribution in [3.05, 3.63) is 129 Å². The van der Waals surface area contributed by atoms with Crippen molar-refractivity contribution < 1.29 is 18.0 Å². The van der Waals surface area contributed by atoms with Gasteiger partial charge in [-0.25, -0.2) is 8.42 Å². The molecule has 1 N–H and O–H groups in total. The Balaban J connectivity index is 1.80. The first-order chi connectivity index (χ1) is 20.6. The quantitative estimate of drug-likeness (QED) is 0.178. The summed E-state index contributed by atoms with van der Waals surface area (Å²) in [5, 5.41) is 3.49. The van der Waals surface area contributed by atoms with Crippen molar-refractivity contribution in [2.45, 2.75) is 30.8 Å². The predicted molar refractivity (Wildman–Crippen MR) is 175 cm³/mol. The molecule has 7 nitrogen and oxygen atoms in total. The molecule has 2 amide bonds. The second-order valence-corrected chi connectivity index (χ2v) is 13.3. The van der Waals surface area contributed by atoms with Crippen LogP contribution in [0.2, 0.25) is 10.0 Å². The summed E-state index contributed by atoms with van der Waals surface area (Å²) in [5.41, 5.74) is 1.76. The van der Waals surface area contributed by atoms with Gasteiger partial charge in [0.15, 0.2) is 0 Å². The van der Waals surface area contributed by atoms with Gasteiger partial charge in [-0.2, -0.15) is 0 Å². The van der Waals surface area contributed by atoms with E-state index >= 15 is 0 Å². The van der Waals surface area contributed by atoms with Crippen molar-refractivity contribution >= 4 is 66.7 Å². The maximum absolute atomic E-state index is 14.4. The van der Waals surface area contributed by atoms with Crippen LogP contribution in [0.15, 0.2) is 112 Å². The van der Waals surface area contributed by atoms with E-state index in [0.29, 0.717) is 32.3 Å². The standard InChI is InChI=1S/C32H30BrCl2N3O4S/c1-2-36-32(40)30(19-23-10-5-3-6-11-23)37(21-24-16-17-28(34)29(35)18-24)31(39)22-38(26-13-9-12-25(33)20-26)43(41,42)27-14-7-4-8-15-27/h3-18,20,30H,2,19,21-22H2,1H3,(H,36,40)/t30-/m0/s1. The second-order valence-electron chi connectivity index (χ2n) is 9.67. The highest BCUT2D eigenvalue weighted by atomic mass is 79.9. The molecule has 4 rings (SSSR count). The number of hydrogen-bond donors (Lipinski definition) is 1. The van der Waals surface area contributed by atoms with E-state index in [2.05, 4.69) is 21.2 Å². The number of amides is 2. The maximum atomic E-state index is 14.4. The minimum absolute atomic E-state index is 0.0118. The summed E-state index contributed by atoms with van der Waals surface area (Å²) < 4.78 is 29.6. The first-order valence-corrected chi connectivity index (χ1v) is 16.5. The number of benzene rings is 4. The number of carbonyl (C=O) groups is 2. The molecule has 0 aliphatic rings. The van der Waals surface area contributed by atoms with Gasteiger partial charge in [0.05, 0.1) is 20.6 Å². The molecule has 11 heteroatoms. The van der Waals surface area contributed by atoms with Crippen LogP contribution in [0.25, 0.3) is 0 Å². The van der Waals surface area contributed by atoms with Crippen LogP contribution < -0.4 is 9.62 Å². The van der Waals surface area contributed by atoms with Crippen molar-refractivity contribution in [1.29, 1.82) is 0 Å². The fraction of sp³-hybridized carbons (Fsp3) is 0.188. The Morgan fingerprint density at radius 3 is 2.14 bits per heavy atom. The molecule has 4 aromatic carbocycles. The molecule has 43 heavy (non-hydrogen) atoms. The minimum atomic E-state index is -4.17. The molecule has 0 spiro atoms. The Kier molecular flexibility index (Phi) is 11.3. The molecule has 0 heterocycles. The third-order valence-electron chi connectivity index (χ3n) is 6.67. The van der Waals surface area contributed by atoms with Crippen molar-refractivity contribution in [1.82, 2.24) is 10.2 Å². The number of rotatable bonds is 12. The Bertz CT molecular complexity index is 1670. The van der Waals surface area contributed by atoms with Crippen LogP contribution in [0, 0.1) is 0 Å². The number of nitrogens with zero attached hydrogens (tertiary/aromatic N) is 2. The molecule has 0 saturated carbocycles. The average Bonchev–Trinajstić information content (AvgIpc) is 3.00. The summed E-state index contributed by atoms with van der Waals surface area (Å²) in [6.45, 7) is 1.58. The normalized spacial score (nSPS) is 11.9. The van der Waals surface area contributed by atoms with Gasteiger partial charge in [0, 0.05) is 24.0 Å². The van der Waals surface area contributed by atoms with E-state index in [4.69, 9.17) is 23.2 Å². The third kappa shape index (κ3) is 8.38. The fourth-order valence-corrected chi connectivity index (χ4v) is 6.70. The van der Waals surface area contributed by atoms with Crippen LogP contribution in [0.5, 0.6) is 0 Å². The monoisotopic (exact) mass is 701 g/mol. The zero-order valence-electron chi connectivity index (χ0n) is 23.3. The van der Waals surface area contributed by atoms with E-state index < -0.39 is 28.5 Å². The van der Waals surface area contributed by atoms with E-state index in [1.807, 2.05) is 30.3 Å². The molecule has 0 aromatic heterocycles. The van der Waals surface area contributed by atoms with Crippen LogP contribution in [0.3, 0.4) is 0 Å². The molecule has 0 radical (unpaired) electrons. The number of sulfonamides is 1. The molecular formula is C32H30BrCl2N3O4S. The van der Waals surface area contributed by atoms with Crippen molar-refractivity contribution in [2.24, 2.45) is 0 Å². The van der Waals surface area contributed by atoms with Crippen LogP contribution >= 0.6 is 39.1 Å². The van der Waals surface area contributed by atoms with Crippen LogP contribution in [-0.4, -0.2) is 44.3 Å². The summed E-state index contributed by atoms with van der Waals surface area (Å²) in [6.07, 6.45) is 0.210. The molecule has 224 valence electrons. The number of halogens is 3. The van der Waals surface area contributed by atoms with Crippen LogP contribution in [-0.2, 0) is 32.6 Å². The lowest BCUT2D eigenvalue weighted by Crippen LogP contribution is -2.53. The molecule has 1 atom stereocenters. The number of hydrogen-bond acceptors (Lipinski definition) is 4. The number of nitrogens with one attached hydrogen (secondary N) is 1. The van der Waals surface area contributed by atoms with Gasteiger partial charge in [-0.3, -0.25) is 13.9 Å². The predicted octanol–water partition coefficient (Wildman–Crippen LogP) is 6.73. The fourth-order valence-electron chi connectivity index (χ4n) is 4.56. The van der Waals surface area contributed by atoms with Gasteiger partial charge in [0.1, 0.15) is 12.6 Å². The van der Waals surface area contributed by atoms with Crippen molar-refractivity contribution in [3.63, 3.8) is 0 Å². The topological polar surface area (TPSA) is 86.8 Å². The van der Waals surface area contributed by atoms with Gasteiger partial charge < -0.3 is 10.2 Å². The molecule has 0 unspecified atom stereocenters. The maximum Gasteiger partial charge on any atom is 0.264 e. The molecule has 0 fully saturated rings. The lowest BCUT2D eigenvalue weighted by Gasteiger charge is -2.34. The summed E-state index contributed by atoms with van der Waals surface area (Å²) in [4.78, 5) is 29.3. The molecule has 0 aliphatic heterocycles. The number of carbonyl (C=O) groups excluding carboxylic acids is 2. The van der Waals surface area contributed by atoms with Crippen LogP contribution in [0.1, 0.15) is 18.1 Å². The summed E-state index contributed by atoms with van der Waals surface area (Å²) >= 11 is 15.9. The van der Waals surface area contributed by atoms with Gasteiger partial charge in [-0.05, 0) is 60.5 Å². The Morgan fingerprint density at radius 2 is 1.51 bits per heavy atom. The molecular weight excluding hydrogens is 673 g/mol. The van der Waals surface area contributed by atoms with E-state index in [9.17, 15) is 18.0 Å². The first kappa shape index (κ1) is 32.5. The first-order valence-electron chi connectivity index (χ1n) is 13.5. The zero-order valence-corrected chi connectivity index (χ0v) is 27.2. The van der Waals surface area contributed by atoms with Gasteiger partial charge in [0.2, 0.25) is 11.8 Å². The van der Waals surface area contributed by atoms with E-state index in [0.717, 1.165) is 9.87 Å². The van der Waals surface area contributed by atoms with Crippen LogP contribution in [0.4, 0.5) is 5.69 Å². The molecule has 0 bridgehead atoms. The summed E-state index contributed by atoms with van der Waals surface area (Å²) in [5.74, 6) is -0.933. The van der Waals surface area contributed by atoms with E-state index in [1.165, 1.54) is 17.0 Å². The molecule has 0 aliphatic carbocycles. The molecule has 4 aromatic rings. The number of likely N-dealkylation sites (N-methyl/N-ethyl adjacent to an activating group) is 1.